The maximum atomic E-state index is 11.8. The molecule has 0 aliphatic carbocycles. The molecule has 100 valence electrons. The van der Waals surface area contributed by atoms with E-state index >= 15 is 0 Å². The Morgan fingerprint density at radius 2 is 1.95 bits per heavy atom. The topological polar surface area (TPSA) is 110 Å². The third kappa shape index (κ3) is 2.50. The number of phenols is 2. The van der Waals surface area contributed by atoms with Gasteiger partial charge in [-0.25, -0.2) is 0 Å². The fourth-order valence-corrected chi connectivity index (χ4v) is 1.68. The molecule has 0 spiro atoms. The van der Waals surface area contributed by atoms with Crippen LogP contribution in [-0.4, -0.2) is 45.2 Å². The molecule has 1 aliphatic heterocycles. The number of β-amino-alcohol motifs (C(OH)–C–C–N with tert-alkyl or cyclic N) is 1. The van der Waals surface area contributed by atoms with Gasteiger partial charge in [-0.1, -0.05) is 0 Å². The Hall–Kier alpha value is -2.54. The molecule has 7 heteroatoms. The fraction of sp³-hybridized carbons (Fsp3) is 0.167. The zero-order valence-electron chi connectivity index (χ0n) is 9.83. The monoisotopic (exact) mass is 264 g/mol. The van der Waals surface area contributed by atoms with E-state index < -0.39 is 11.8 Å². The number of carbonyl (C=O) groups is 2. The first kappa shape index (κ1) is 12.9. The van der Waals surface area contributed by atoms with E-state index in [9.17, 15) is 19.8 Å². The van der Waals surface area contributed by atoms with E-state index in [2.05, 4.69) is 5.32 Å². The number of hydrogen-bond donors (Lipinski definition) is 4. The maximum Gasteiger partial charge on any atom is 0.277 e. The van der Waals surface area contributed by atoms with Crippen molar-refractivity contribution in [2.45, 2.75) is 0 Å². The van der Waals surface area contributed by atoms with Crippen molar-refractivity contribution in [3.05, 3.63) is 30.0 Å². The van der Waals surface area contributed by atoms with Crippen molar-refractivity contribution in [1.82, 2.24) is 4.90 Å². The van der Waals surface area contributed by atoms with Crippen LogP contribution in [0.2, 0.25) is 0 Å². The molecule has 1 heterocycles. The Bertz CT molecular complexity index is 567. The van der Waals surface area contributed by atoms with Gasteiger partial charge < -0.3 is 20.6 Å². The lowest BCUT2D eigenvalue weighted by atomic mass is 10.2. The lowest BCUT2D eigenvalue weighted by Crippen LogP contribution is -2.34. The number of benzene rings is 1. The minimum Gasteiger partial charge on any atom is -0.508 e. The predicted molar refractivity (Wildman–Crippen MR) is 65.3 cm³/mol. The second-order valence-corrected chi connectivity index (χ2v) is 3.90. The smallest absolute Gasteiger partial charge is 0.277 e. The number of aliphatic hydroxyl groups is 1. The van der Waals surface area contributed by atoms with Crippen LogP contribution >= 0.6 is 0 Å². The summed E-state index contributed by atoms with van der Waals surface area (Å²) in [6, 6.07) is 3.77. The van der Waals surface area contributed by atoms with Gasteiger partial charge in [-0.2, -0.15) is 0 Å². The van der Waals surface area contributed by atoms with Crippen LogP contribution in [0.25, 0.3) is 0 Å². The standard InChI is InChI=1S/C12H12N2O5/c15-4-3-14-11(18)6-9(12(14)19)13-8-5-7(16)1-2-10(8)17/h1-2,5-6,13,15-17H,3-4H2. The Labute approximate surface area is 108 Å². The van der Waals surface area contributed by atoms with Crippen LogP contribution in [0.1, 0.15) is 0 Å². The van der Waals surface area contributed by atoms with E-state index in [-0.39, 0.29) is 36.0 Å². The van der Waals surface area contributed by atoms with Gasteiger partial charge in [0.25, 0.3) is 11.8 Å². The van der Waals surface area contributed by atoms with Crippen LogP contribution in [-0.2, 0) is 9.59 Å². The summed E-state index contributed by atoms with van der Waals surface area (Å²) in [5, 5.41) is 30.2. The first-order chi connectivity index (χ1) is 9.02. The van der Waals surface area contributed by atoms with Crippen LogP contribution in [0.5, 0.6) is 11.5 Å². The van der Waals surface area contributed by atoms with Gasteiger partial charge in [0.1, 0.15) is 17.2 Å². The Morgan fingerprint density at radius 3 is 2.63 bits per heavy atom. The number of anilines is 1. The summed E-state index contributed by atoms with van der Waals surface area (Å²) in [6.07, 6.45) is 1.07. The van der Waals surface area contributed by atoms with Gasteiger partial charge in [-0.05, 0) is 12.1 Å². The molecule has 0 radical (unpaired) electrons. The summed E-state index contributed by atoms with van der Waals surface area (Å²) in [6.45, 7) is -0.415. The molecule has 2 rings (SSSR count). The number of nitrogens with zero attached hydrogens (tertiary/aromatic N) is 1. The fourth-order valence-electron chi connectivity index (χ4n) is 1.68. The highest BCUT2D eigenvalue weighted by molar-refractivity contribution is 6.17. The van der Waals surface area contributed by atoms with Gasteiger partial charge in [0.15, 0.2) is 0 Å². The summed E-state index contributed by atoms with van der Waals surface area (Å²) < 4.78 is 0. The first-order valence-corrected chi connectivity index (χ1v) is 5.50. The van der Waals surface area contributed by atoms with Crippen LogP contribution in [0.3, 0.4) is 0 Å². The number of hydrogen-bond acceptors (Lipinski definition) is 6. The zero-order chi connectivity index (χ0) is 14.0. The van der Waals surface area contributed by atoms with Crippen LogP contribution in [0, 0.1) is 0 Å². The zero-order valence-corrected chi connectivity index (χ0v) is 9.83. The molecule has 0 bridgehead atoms. The molecule has 0 saturated carbocycles. The summed E-state index contributed by atoms with van der Waals surface area (Å²) in [5.74, 6) is -1.40. The van der Waals surface area contributed by atoms with Gasteiger partial charge in [0.2, 0.25) is 0 Å². The van der Waals surface area contributed by atoms with Crippen molar-refractivity contribution in [2.75, 3.05) is 18.5 Å². The Kier molecular flexibility index (Phi) is 3.39. The van der Waals surface area contributed by atoms with E-state index in [4.69, 9.17) is 5.11 Å². The third-order valence-electron chi connectivity index (χ3n) is 2.58. The number of rotatable bonds is 4. The van der Waals surface area contributed by atoms with Crippen LogP contribution in [0.15, 0.2) is 30.0 Å². The molecule has 0 atom stereocenters. The quantitative estimate of drug-likeness (QED) is 0.339. The van der Waals surface area contributed by atoms with E-state index in [0.29, 0.717) is 0 Å². The van der Waals surface area contributed by atoms with Gasteiger partial charge in [0, 0.05) is 12.1 Å². The molecule has 7 nitrogen and oxygen atoms in total. The van der Waals surface area contributed by atoms with Crippen molar-refractivity contribution in [1.29, 1.82) is 0 Å². The minimum absolute atomic E-state index is 0.0284. The van der Waals surface area contributed by atoms with Gasteiger partial charge in [0.05, 0.1) is 18.8 Å². The maximum absolute atomic E-state index is 11.8. The highest BCUT2D eigenvalue weighted by atomic mass is 16.3. The largest absolute Gasteiger partial charge is 0.508 e. The first-order valence-electron chi connectivity index (χ1n) is 5.50. The average Bonchev–Trinajstić information content (AvgIpc) is 2.62. The van der Waals surface area contributed by atoms with Crippen molar-refractivity contribution in [3.8, 4) is 11.5 Å². The number of aromatic hydroxyl groups is 2. The number of nitrogens with one attached hydrogen (secondary N) is 1. The van der Waals surface area contributed by atoms with E-state index in [1.54, 1.807) is 0 Å². The molecular formula is C12H12N2O5. The summed E-state index contributed by atoms with van der Waals surface area (Å²) in [5.41, 5.74) is 0.0811. The van der Waals surface area contributed by atoms with E-state index in [0.717, 1.165) is 11.0 Å². The average molecular weight is 264 g/mol. The number of carbonyl (C=O) groups excluding carboxylic acids is 2. The van der Waals surface area contributed by atoms with Crippen molar-refractivity contribution in [3.63, 3.8) is 0 Å². The van der Waals surface area contributed by atoms with Gasteiger partial charge in [-0.15, -0.1) is 0 Å². The molecule has 0 aromatic heterocycles. The lowest BCUT2D eigenvalue weighted by molar-refractivity contribution is -0.137. The van der Waals surface area contributed by atoms with Crippen molar-refractivity contribution in [2.24, 2.45) is 0 Å². The summed E-state index contributed by atoms with van der Waals surface area (Å²) in [7, 11) is 0. The van der Waals surface area contributed by atoms with E-state index in [1.165, 1.54) is 18.2 Å². The molecule has 2 amide bonds. The summed E-state index contributed by atoms with van der Waals surface area (Å²) >= 11 is 0. The second-order valence-electron chi connectivity index (χ2n) is 3.90. The number of aliphatic hydroxyl groups excluding tert-OH is 1. The molecule has 0 unspecified atom stereocenters. The van der Waals surface area contributed by atoms with Crippen LogP contribution < -0.4 is 5.32 Å². The number of phenolic OH excluding ortho intramolecular Hbond substituents is 2. The van der Waals surface area contributed by atoms with Gasteiger partial charge in [-0.3, -0.25) is 14.5 Å². The molecule has 0 fully saturated rings. The highest BCUT2D eigenvalue weighted by Gasteiger charge is 2.30. The third-order valence-corrected chi connectivity index (χ3v) is 2.58. The van der Waals surface area contributed by atoms with Crippen LogP contribution in [0.4, 0.5) is 5.69 Å². The number of imide groups is 1. The van der Waals surface area contributed by atoms with Crippen molar-refractivity contribution >= 4 is 17.5 Å². The highest BCUT2D eigenvalue weighted by Crippen LogP contribution is 2.29. The van der Waals surface area contributed by atoms with Crippen molar-refractivity contribution < 1.29 is 24.9 Å². The molecule has 4 N–H and O–H groups in total. The SMILES string of the molecule is O=C1C=C(Nc2cc(O)ccc2O)C(=O)N1CCO. The van der Waals surface area contributed by atoms with Gasteiger partial charge >= 0.3 is 0 Å². The normalized spacial score (nSPS) is 14.8. The molecule has 0 saturated heterocycles. The molecular weight excluding hydrogens is 252 g/mol. The lowest BCUT2D eigenvalue weighted by Gasteiger charge is -2.13. The molecule has 1 aromatic rings. The second kappa shape index (κ2) is 4.99. The molecule has 1 aromatic carbocycles. The Balaban J connectivity index is 2.20. The minimum atomic E-state index is -0.596. The molecule has 19 heavy (non-hydrogen) atoms. The Morgan fingerprint density at radius 1 is 1.21 bits per heavy atom. The molecule has 1 aliphatic rings. The van der Waals surface area contributed by atoms with E-state index in [1.807, 2.05) is 0 Å². The predicted octanol–water partition coefficient (Wildman–Crippen LogP) is -0.245. The number of amides is 2. The summed E-state index contributed by atoms with van der Waals surface area (Å²) in [4.78, 5) is 24.2.